The molecule has 1 aliphatic carbocycles. The molecule has 18 heavy (non-hydrogen) atoms. The molecule has 4 nitrogen and oxygen atoms in total. The maximum Gasteiger partial charge on any atom is 0.145 e. The standard InChI is InChI=1S/C13H21BrN4/c1-3-13(6-4-5-7-13)8-16-12-10(14)11(15-2)17-9-18-12/h9H,3-8H2,1-2H3,(H2,15,16,17,18). The number of anilines is 2. The molecule has 100 valence electrons. The monoisotopic (exact) mass is 312 g/mol. The zero-order valence-electron chi connectivity index (χ0n) is 11.1. The highest BCUT2D eigenvalue weighted by atomic mass is 79.9. The first-order valence-electron chi connectivity index (χ1n) is 6.63. The van der Waals surface area contributed by atoms with E-state index < -0.39 is 0 Å². The van der Waals surface area contributed by atoms with Crippen LogP contribution >= 0.6 is 15.9 Å². The lowest BCUT2D eigenvalue weighted by molar-refractivity contribution is 0.306. The van der Waals surface area contributed by atoms with Crippen molar-refractivity contribution in [2.75, 3.05) is 24.2 Å². The van der Waals surface area contributed by atoms with Crippen LogP contribution in [0, 0.1) is 5.41 Å². The second-order valence-corrected chi connectivity index (χ2v) is 5.84. The van der Waals surface area contributed by atoms with Crippen molar-refractivity contribution in [1.82, 2.24) is 9.97 Å². The first kappa shape index (κ1) is 13.6. The number of nitrogens with one attached hydrogen (secondary N) is 2. The SMILES string of the molecule is CCC1(CNc2ncnc(NC)c2Br)CCCC1. The molecule has 0 saturated heterocycles. The van der Waals surface area contributed by atoms with Gasteiger partial charge in [0.1, 0.15) is 22.4 Å². The minimum Gasteiger partial charge on any atom is -0.372 e. The van der Waals surface area contributed by atoms with Crippen LogP contribution in [0.2, 0.25) is 0 Å². The van der Waals surface area contributed by atoms with E-state index in [-0.39, 0.29) is 0 Å². The lowest BCUT2D eigenvalue weighted by atomic mass is 9.83. The Morgan fingerprint density at radius 2 is 1.94 bits per heavy atom. The Morgan fingerprint density at radius 3 is 2.56 bits per heavy atom. The first-order chi connectivity index (χ1) is 8.71. The van der Waals surface area contributed by atoms with E-state index in [1.807, 2.05) is 7.05 Å². The average molecular weight is 313 g/mol. The molecule has 0 atom stereocenters. The van der Waals surface area contributed by atoms with Gasteiger partial charge in [-0.25, -0.2) is 9.97 Å². The third-order valence-electron chi connectivity index (χ3n) is 4.07. The summed E-state index contributed by atoms with van der Waals surface area (Å²) in [4.78, 5) is 8.47. The van der Waals surface area contributed by atoms with Gasteiger partial charge >= 0.3 is 0 Å². The van der Waals surface area contributed by atoms with Gasteiger partial charge < -0.3 is 10.6 Å². The summed E-state index contributed by atoms with van der Waals surface area (Å²) in [6.45, 7) is 3.29. The van der Waals surface area contributed by atoms with Crippen LogP contribution in [0.3, 0.4) is 0 Å². The topological polar surface area (TPSA) is 49.8 Å². The van der Waals surface area contributed by atoms with Gasteiger partial charge in [-0.15, -0.1) is 0 Å². The predicted octanol–water partition coefficient (Wildman–Crippen LogP) is 3.66. The van der Waals surface area contributed by atoms with Gasteiger partial charge in [0.25, 0.3) is 0 Å². The summed E-state index contributed by atoms with van der Waals surface area (Å²) in [5.74, 6) is 1.71. The molecular formula is C13H21BrN4. The summed E-state index contributed by atoms with van der Waals surface area (Å²) < 4.78 is 0.914. The van der Waals surface area contributed by atoms with E-state index >= 15 is 0 Å². The first-order valence-corrected chi connectivity index (χ1v) is 7.42. The Kier molecular flexibility index (Phi) is 4.43. The van der Waals surface area contributed by atoms with E-state index in [0.29, 0.717) is 5.41 Å². The fraction of sp³-hybridized carbons (Fsp3) is 0.692. The second-order valence-electron chi connectivity index (χ2n) is 5.05. The van der Waals surface area contributed by atoms with Gasteiger partial charge in [-0.05, 0) is 40.6 Å². The van der Waals surface area contributed by atoms with Crippen molar-refractivity contribution < 1.29 is 0 Å². The molecule has 0 unspecified atom stereocenters. The number of nitrogens with zero attached hydrogens (tertiary/aromatic N) is 2. The summed E-state index contributed by atoms with van der Waals surface area (Å²) in [5.41, 5.74) is 0.462. The Labute approximate surface area is 117 Å². The zero-order chi connectivity index (χ0) is 13.0. The zero-order valence-corrected chi connectivity index (χ0v) is 12.7. The van der Waals surface area contributed by atoms with Crippen LogP contribution in [0.15, 0.2) is 10.8 Å². The fourth-order valence-electron chi connectivity index (χ4n) is 2.72. The highest BCUT2D eigenvalue weighted by molar-refractivity contribution is 9.10. The van der Waals surface area contributed by atoms with E-state index in [2.05, 4.69) is 43.5 Å². The molecule has 1 aromatic heterocycles. The summed E-state index contributed by atoms with van der Waals surface area (Å²) in [7, 11) is 1.86. The molecule has 1 fully saturated rings. The number of rotatable bonds is 5. The van der Waals surface area contributed by atoms with Gasteiger partial charge in [-0.3, -0.25) is 0 Å². The highest BCUT2D eigenvalue weighted by Crippen LogP contribution is 2.41. The van der Waals surface area contributed by atoms with E-state index in [1.54, 1.807) is 6.33 Å². The van der Waals surface area contributed by atoms with Gasteiger partial charge in [0.05, 0.1) is 0 Å². The molecule has 2 N–H and O–H groups in total. The number of halogens is 1. The summed E-state index contributed by atoms with van der Waals surface area (Å²) >= 11 is 3.54. The molecule has 0 aromatic carbocycles. The Balaban J connectivity index is 2.05. The molecular weight excluding hydrogens is 292 g/mol. The highest BCUT2D eigenvalue weighted by Gasteiger charge is 2.31. The van der Waals surface area contributed by atoms with Crippen LogP contribution in [0.5, 0.6) is 0 Å². The van der Waals surface area contributed by atoms with Crippen molar-refractivity contribution in [3.8, 4) is 0 Å². The average Bonchev–Trinajstić information content (AvgIpc) is 2.87. The Hall–Kier alpha value is -0.840. The van der Waals surface area contributed by atoms with E-state index in [1.165, 1.54) is 32.1 Å². The molecule has 1 aromatic rings. The molecule has 5 heteroatoms. The van der Waals surface area contributed by atoms with E-state index in [4.69, 9.17) is 0 Å². The van der Waals surface area contributed by atoms with E-state index in [0.717, 1.165) is 22.7 Å². The molecule has 1 aliphatic rings. The summed E-state index contributed by atoms with van der Waals surface area (Å²) in [6, 6.07) is 0. The van der Waals surface area contributed by atoms with Crippen molar-refractivity contribution in [2.24, 2.45) is 5.41 Å². The van der Waals surface area contributed by atoms with Gasteiger partial charge in [0.15, 0.2) is 0 Å². The van der Waals surface area contributed by atoms with Crippen LogP contribution in [0.25, 0.3) is 0 Å². The van der Waals surface area contributed by atoms with Crippen LogP contribution in [0.1, 0.15) is 39.0 Å². The van der Waals surface area contributed by atoms with Gasteiger partial charge in [-0.1, -0.05) is 19.8 Å². The Morgan fingerprint density at radius 1 is 1.28 bits per heavy atom. The van der Waals surface area contributed by atoms with Crippen molar-refractivity contribution in [1.29, 1.82) is 0 Å². The maximum absolute atomic E-state index is 4.30. The molecule has 2 rings (SSSR count). The van der Waals surface area contributed by atoms with Crippen LogP contribution in [0.4, 0.5) is 11.6 Å². The van der Waals surface area contributed by atoms with Crippen molar-refractivity contribution in [2.45, 2.75) is 39.0 Å². The third kappa shape index (κ3) is 2.76. The maximum atomic E-state index is 4.30. The third-order valence-corrected chi connectivity index (χ3v) is 4.82. The molecule has 1 saturated carbocycles. The van der Waals surface area contributed by atoms with E-state index in [9.17, 15) is 0 Å². The Bertz CT molecular complexity index is 402. The minimum absolute atomic E-state index is 0.462. The smallest absolute Gasteiger partial charge is 0.145 e. The van der Waals surface area contributed by atoms with Crippen LogP contribution in [-0.4, -0.2) is 23.6 Å². The minimum atomic E-state index is 0.462. The van der Waals surface area contributed by atoms with Gasteiger partial charge in [-0.2, -0.15) is 0 Å². The number of hydrogen-bond donors (Lipinski definition) is 2. The van der Waals surface area contributed by atoms with Gasteiger partial charge in [0.2, 0.25) is 0 Å². The van der Waals surface area contributed by atoms with Crippen molar-refractivity contribution in [3.63, 3.8) is 0 Å². The molecule has 0 aliphatic heterocycles. The van der Waals surface area contributed by atoms with Crippen LogP contribution in [-0.2, 0) is 0 Å². The van der Waals surface area contributed by atoms with Gasteiger partial charge in [0, 0.05) is 13.6 Å². The summed E-state index contributed by atoms with van der Waals surface area (Å²) in [6.07, 6.45) is 8.22. The molecule has 1 heterocycles. The summed E-state index contributed by atoms with van der Waals surface area (Å²) in [5, 5.41) is 6.53. The van der Waals surface area contributed by atoms with Crippen molar-refractivity contribution in [3.05, 3.63) is 10.8 Å². The number of aromatic nitrogens is 2. The van der Waals surface area contributed by atoms with Crippen molar-refractivity contribution >= 4 is 27.6 Å². The molecule has 0 amide bonds. The quantitative estimate of drug-likeness (QED) is 0.871. The number of hydrogen-bond acceptors (Lipinski definition) is 4. The molecule has 0 bridgehead atoms. The second kappa shape index (κ2) is 5.87. The molecule has 0 radical (unpaired) electrons. The molecule has 0 spiro atoms. The fourth-order valence-corrected chi connectivity index (χ4v) is 3.26. The normalized spacial score (nSPS) is 17.7. The lowest BCUT2D eigenvalue weighted by Gasteiger charge is -2.28. The predicted molar refractivity (Wildman–Crippen MR) is 79.0 cm³/mol. The lowest BCUT2D eigenvalue weighted by Crippen LogP contribution is -2.26. The van der Waals surface area contributed by atoms with Crippen LogP contribution < -0.4 is 10.6 Å². The largest absolute Gasteiger partial charge is 0.372 e.